The van der Waals surface area contributed by atoms with E-state index in [1.165, 1.54) is 0 Å². The number of nitrogens with zero attached hydrogens (tertiary/aromatic N) is 2. The van der Waals surface area contributed by atoms with Crippen LogP contribution < -0.4 is 16.5 Å². The van der Waals surface area contributed by atoms with E-state index in [-0.39, 0.29) is 11.9 Å². The van der Waals surface area contributed by atoms with Crippen molar-refractivity contribution in [3.05, 3.63) is 0 Å². The highest BCUT2D eigenvalue weighted by molar-refractivity contribution is 7.55. The van der Waals surface area contributed by atoms with Gasteiger partial charge in [0, 0.05) is 39.3 Å². The number of hydrogen-bond acceptors (Lipinski definition) is 3. The molecule has 0 aliphatic carbocycles. The van der Waals surface area contributed by atoms with Crippen LogP contribution in [0.3, 0.4) is 0 Å². The van der Waals surface area contributed by atoms with Crippen molar-refractivity contribution in [2.45, 2.75) is 60.3 Å². The van der Waals surface area contributed by atoms with Gasteiger partial charge >= 0.3 is 5.96 Å². The lowest BCUT2D eigenvalue weighted by molar-refractivity contribution is -0.459. The van der Waals surface area contributed by atoms with Crippen LogP contribution in [0.5, 0.6) is 0 Å². The Kier molecular flexibility index (Phi) is 17.7. The van der Waals surface area contributed by atoms with Gasteiger partial charge in [-0.1, -0.05) is 27.7 Å². The fourth-order valence-corrected chi connectivity index (χ4v) is 4.15. The molecule has 0 spiro atoms. The van der Waals surface area contributed by atoms with Crippen LogP contribution in [0.2, 0.25) is 0 Å². The second kappa shape index (κ2) is 17.0. The molecule has 1 saturated heterocycles. The van der Waals surface area contributed by atoms with Gasteiger partial charge in [-0.2, -0.15) is 0 Å². The monoisotopic (exact) mass is 408 g/mol. The van der Waals surface area contributed by atoms with Crippen molar-refractivity contribution >= 4 is 19.4 Å². The lowest BCUT2D eigenvalue weighted by Crippen LogP contribution is -2.78. The van der Waals surface area contributed by atoms with E-state index in [0.29, 0.717) is 39.2 Å². The maximum absolute atomic E-state index is 12.3. The Morgan fingerprint density at radius 3 is 2.07 bits per heavy atom. The van der Waals surface area contributed by atoms with Gasteiger partial charge in [0.15, 0.2) is 0 Å². The molecule has 1 fully saturated rings. The minimum absolute atomic E-state index is 0.171. The van der Waals surface area contributed by atoms with E-state index in [9.17, 15) is 9.36 Å². The number of piperazine rings is 1. The van der Waals surface area contributed by atoms with Crippen LogP contribution in [0.4, 0.5) is 0 Å². The summed E-state index contributed by atoms with van der Waals surface area (Å²) in [5.74, 6) is 0.407. The zero-order valence-electron chi connectivity index (χ0n) is 18.3. The molecule has 1 heterocycles. The zero-order valence-corrected chi connectivity index (χ0v) is 19.2. The summed E-state index contributed by atoms with van der Waals surface area (Å²) in [5.41, 5.74) is 10.6. The molecule has 0 saturated carbocycles. The molecule has 1 amide bonds. The van der Waals surface area contributed by atoms with Crippen molar-refractivity contribution < 1.29 is 18.9 Å². The van der Waals surface area contributed by atoms with Gasteiger partial charge in [0.2, 0.25) is 5.91 Å². The predicted octanol–water partition coefficient (Wildman–Crippen LogP) is 0.957. The Hall–Kier alpha value is -1.11. The number of amides is 1. The number of guanidine groups is 1. The van der Waals surface area contributed by atoms with Crippen molar-refractivity contribution in [3.8, 4) is 0 Å². The third-order valence-electron chi connectivity index (χ3n) is 3.89. The summed E-state index contributed by atoms with van der Waals surface area (Å²) in [7, 11) is -2.70. The van der Waals surface area contributed by atoms with Gasteiger partial charge in [-0.05, 0) is 26.2 Å². The van der Waals surface area contributed by atoms with Crippen LogP contribution in [0.25, 0.3) is 0 Å². The van der Waals surface area contributed by atoms with Crippen molar-refractivity contribution in [1.29, 1.82) is 0 Å². The first-order chi connectivity index (χ1) is 12.9. The second-order valence-corrected chi connectivity index (χ2v) is 8.18. The van der Waals surface area contributed by atoms with Gasteiger partial charge in [0.1, 0.15) is 0 Å². The fraction of sp³-hybridized carbons (Fsp3) is 0.889. The first-order valence-corrected chi connectivity index (χ1v) is 12.3. The smallest absolute Gasteiger partial charge is 0.338 e. The number of rotatable bonds is 9. The Balaban J connectivity index is 0. The SMILES string of the molecule is CC.CC.CCOP(C)(=O)N1CCN(C(=O)CCCCC[NH+]=C(N)N)CC1. The summed E-state index contributed by atoms with van der Waals surface area (Å²) in [6.07, 6.45) is 3.31. The topological polar surface area (TPSA) is 116 Å². The lowest BCUT2D eigenvalue weighted by atomic mass is 10.1. The molecule has 1 rings (SSSR count). The van der Waals surface area contributed by atoms with Crippen molar-refractivity contribution in [2.24, 2.45) is 11.5 Å². The maximum Gasteiger partial charge on any atom is 0.338 e. The van der Waals surface area contributed by atoms with Crippen molar-refractivity contribution in [3.63, 3.8) is 0 Å². The zero-order chi connectivity index (χ0) is 21.3. The summed E-state index contributed by atoms with van der Waals surface area (Å²) in [6, 6.07) is 0. The lowest BCUT2D eigenvalue weighted by Gasteiger charge is -2.37. The molecule has 0 aromatic carbocycles. The van der Waals surface area contributed by atoms with Gasteiger partial charge in [-0.3, -0.25) is 25.8 Å². The fourth-order valence-electron chi connectivity index (χ4n) is 2.60. The van der Waals surface area contributed by atoms with E-state index in [0.717, 1.165) is 25.8 Å². The Bertz CT molecular complexity index is 448. The molecule has 8 nitrogen and oxygen atoms in total. The van der Waals surface area contributed by atoms with Crippen LogP contribution in [0.15, 0.2) is 0 Å². The third-order valence-corrected chi connectivity index (χ3v) is 6.05. The third kappa shape index (κ3) is 12.8. The number of carbonyl (C=O) groups excluding carboxylic acids is 1. The standard InChI is InChI=1S/C14H30N5O3P.2C2H6/c1-3-22-23(2,21)19-11-9-18(10-12-19)13(20)7-5-4-6-8-17-14(15)16;2*1-2/h3-12H2,1-2H3,(H4,15,16,17);2*1-2H3/p+1. The van der Waals surface area contributed by atoms with E-state index in [4.69, 9.17) is 16.0 Å². The van der Waals surface area contributed by atoms with Gasteiger partial charge in [-0.15, -0.1) is 0 Å². The van der Waals surface area contributed by atoms with E-state index in [1.807, 2.05) is 44.2 Å². The highest BCUT2D eigenvalue weighted by Gasteiger charge is 2.30. The van der Waals surface area contributed by atoms with Crippen molar-refractivity contribution in [1.82, 2.24) is 9.57 Å². The summed E-state index contributed by atoms with van der Waals surface area (Å²) in [5, 5.41) is 0. The number of hydrogen-bond donors (Lipinski definition) is 3. The normalized spacial score (nSPS) is 16.1. The quantitative estimate of drug-likeness (QED) is 0.226. The van der Waals surface area contributed by atoms with Crippen LogP contribution in [0.1, 0.15) is 60.3 Å². The van der Waals surface area contributed by atoms with Gasteiger partial charge in [-0.25, -0.2) is 4.67 Å². The Morgan fingerprint density at radius 1 is 1.04 bits per heavy atom. The average Bonchev–Trinajstić information content (AvgIpc) is 2.67. The molecule has 0 radical (unpaired) electrons. The second-order valence-electron chi connectivity index (χ2n) is 5.75. The molecule has 27 heavy (non-hydrogen) atoms. The van der Waals surface area contributed by atoms with Crippen LogP contribution in [0, 0.1) is 0 Å². The molecular weight excluding hydrogens is 365 g/mol. The number of carbonyl (C=O) groups is 1. The predicted molar refractivity (Wildman–Crippen MR) is 114 cm³/mol. The summed E-state index contributed by atoms with van der Waals surface area (Å²) < 4.78 is 19.5. The molecule has 5 N–H and O–H groups in total. The molecule has 9 heteroatoms. The molecule has 1 unspecified atom stereocenters. The Labute approximate surface area is 166 Å². The van der Waals surface area contributed by atoms with Crippen LogP contribution >= 0.6 is 7.52 Å². The number of unbranched alkanes of at least 4 members (excludes halogenated alkanes) is 2. The summed E-state index contributed by atoms with van der Waals surface area (Å²) in [6.45, 7) is 15.1. The molecule has 1 atom stereocenters. The van der Waals surface area contributed by atoms with Crippen LogP contribution in [-0.2, 0) is 13.9 Å². The average molecular weight is 409 g/mol. The van der Waals surface area contributed by atoms with E-state index < -0.39 is 7.52 Å². The van der Waals surface area contributed by atoms with Gasteiger partial charge < -0.3 is 9.42 Å². The minimum Gasteiger partial charge on any atom is -0.340 e. The molecule has 162 valence electrons. The molecule has 0 aromatic heterocycles. The van der Waals surface area contributed by atoms with Gasteiger partial charge in [0.05, 0.1) is 13.2 Å². The van der Waals surface area contributed by atoms with E-state index >= 15 is 0 Å². The largest absolute Gasteiger partial charge is 0.340 e. The summed E-state index contributed by atoms with van der Waals surface area (Å²) >= 11 is 0. The molecular formula is C18H43N5O3P+. The first kappa shape index (κ1) is 28.1. The number of nitrogens with two attached hydrogens (primary N) is 2. The van der Waals surface area contributed by atoms with E-state index in [2.05, 4.69) is 4.99 Å². The molecule has 0 bridgehead atoms. The molecule has 1 aliphatic heterocycles. The highest BCUT2D eigenvalue weighted by atomic mass is 31.2. The first-order valence-electron chi connectivity index (χ1n) is 10.2. The molecule has 1 aliphatic rings. The molecule has 0 aromatic rings. The summed E-state index contributed by atoms with van der Waals surface area (Å²) in [4.78, 5) is 16.9. The van der Waals surface area contributed by atoms with E-state index in [1.54, 1.807) is 6.66 Å². The maximum atomic E-state index is 12.3. The Morgan fingerprint density at radius 2 is 1.59 bits per heavy atom. The minimum atomic E-state index is -2.70. The van der Waals surface area contributed by atoms with Crippen molar-refractivity contribution in [2.75, 3.05) is 46.0 Å². The van der Waals surface area contributed by atoms with Gasteiger partial charge in [0.25, 0.3) is 7.52 Å². The highest BCUT2D eigenvalue weighted by Crippen LogP contribution is 2.46. The number of nitrogens with one attached hydrogen (secondary N) is 1. The van der Waals surface area contributed by atoms with Crippen LogP contribution in [-0.4, -0.2) is 67.4 Å².